The van der Waals surface area contributed by atoms with Gasteiger partial charge in [0.1, 0.15) is 0 Å². The number of aromatic nitrogens is 2. The second kappa shape index (κ2) is 19.3. The molecule has 0 aliphatic heterocycles. The number of rotatable bonds is 2. The van der Waals surface area contributed by atoms with Crippen molar-refractivity contribution in [2.75, 3.05) is 0 Å². The molecule has 4 aromatic rings. The molecule has 0 atom stereocenters. The van der Waals surface area contributed by atoms with Crippen molar-refractivity contribution in [3.05, 3.63) is 96.6 Å². The van der Waals surface area contributed by atoms with Crippen LogP contribution in [-0.4, -0.2) is 8.59 Å². The van der Waals surface area contributed by atoms with Crippen molar-refractivity contribution < 1.29 is 46.6 Å². The summed E-state index contributed by atoms with van der Waals surface area (Å²) in [5.74, 6) is -1.80. The Balaban J connectivity index is 0.000000572. The number of nitrogens with zero attached hydrogens (tertiary/aromatic N) is 2. The Bertz CT molecular complexity index is 1170. The van der Waals surface area contributed by atoms with Gasteiger partial charge in [-0.3, -0.25) is 0 Å². The fourth-order valence-electron chi connectivity index (χ4n) is 2.97. The molecule has 0 unspecified atom stereocenters. The number of hydrogen-bond donors (Lipinski definition) is 0. The van der Waals surface area contributed by atoms with E-state index in [0.29, 0.717) is 11.4 Å². The second-order valence-corrected chi connectivity index (χ2v) is 11.1. The molecule has 0 fully saturated rings. The van der Waals surface area contributed by atoms with Crippen LogP contribution in [0.3, 0.4) is 0 Å². The number of alkyl halides is 6. The molecule has 0 saturated carbocycles. The number of halogens is 6. The van der Waals surface area contributed by atoms with Crippen LogP contribution in [-0.2, 0) is 17.1 Å². The normalized spacial score (nSPS) is 9.69. The second-order valence-electron chi connectivity index (χ2n) is 7.10. The average molecular weight is 703 g/mol. The summed E-state index contributed by atoms with van der Waals surface area (Å²) in [7, 11) is 0. The van der Waals surface area contributed by atoms with Crippen LogP contribution in [0.2, 0.25) is 0 Å². The minimum Gasteiger partial charge on any atom is -0.873 e. The molecule has 0 spiro atoms. The molecular weight excluding hydrogens is 681 g/mol. The predicted octanol–water partition coefficient (Wildman–Crippen LogP) is 4.81. The summed E-state index contributed by atoms with van der Waals surface area (Å²) < 4.78 is 1.92. The Labute approximate surface area is 268 Å². The van der Waals surface area contributed by atoms with Crippen molar-refractivity contribution in [1.82, 2.24) is 0 Å². The third kappa shape index (κ3) is 13.4. The molecule has 0 bridgehead atoms. The van der Waals surface area contributed by atoms with Gasteiger partial charge in [-0.15, -0.1) is 11.5 Å². The Morgan fingerprint density at radius 1 is 0.513 bits per heavy atom. The van der Waals surface area contributed by atoms with E-state index in [9.17, 15) is 20.4 Å². The van der Waals surface area contributed by atoms with Crippen molar-refractivity contribution in [3.8, 4) is 34.4 Å². The Kier molecular flexibility index (Phi) is 18.4. The Morgan fingerprint density at radius 2 is 0.769 bits per heavy atom. The van der Waals surface area contributed by atoms with Crippen LogP contribution in [0.5, 0.6) is 23.0 Å². The summed E-state index contributed by atoms with van der Waals surface area (Å²) in [5.41, 5.74) is 2.64. The monoisotopic (exact) mass is 699 g/mol. The van der Waals surface area contributed by atoms with Crippen LogP contribution in [0.15, 0.2) is 85.2 Å². The SMILES string of the molecule is Cc1c([O-])c([O-])cc[n+]1-c1ccccc1.Cc1c([O-])c([O-])cc[n+]1-c1ccccc1.ClC(Cl)Cl.ClC(Cl)Cl.[Cu+2]. The van der Waals surface area contributed by atoms with Gasteiger partial charge in [-0.1, -0.05) is 106 Å². The van der Waals surface area contributed by atoms with Gasteiger partial charge in [-0.2, -0.15) is 9.13 Å². The molecule has 0 aliphatic rings. The van der Waals surface area contributed by atoms with Gasteiger partial charge in [0.05, 0.1) is 0 Å². The fourth-order valence-corrected chi connectivity index (χ4v) is 2.97. The van der Waals surface area contributed by atoms with E-state index in [1.54, 1.807) is 35.4 Å². The van der Waals surface area contributed by atoms with Crippen molar-refractivity contribution in [2.24, 2.45) is 0 Å². The smallest absolute Gasteiger partial charge is 0.873 e. The van der Waals surface area contributed by atoms with Crippen LogP contribution in [0.4, 0.5) is 0 Å². The van der Waals surface area contributed by atoms with Gasteiger partial charge >= 0.3 is 17.1 Å². The molecule has 2 aromatic carbocycles. The molecule has 213 valence electrons. The van der Waals surface area contributed by atoms with Crippen LogP contribution in [0.1, 0.15) is 11.4 Å². The first-order valence-electron chi connectivity index (χ1n) is 10.6. The number of hydrogen-bond acceptors (Lipinski definition) is 4. The van der Waals surface area contributed by atoms with E-state index in [1.165, 1.54) is 12.1 Å². The summed E-state index contributed by atoms with van der Waals surface area (Å²) >= 11 is 28.8. The summed E-state index contributed by atoms with van der Waals surface area (Å²) in [5, 5.41) is 45.1. The maximum Gasteiger partial charge on any atom is 2.00 e. The zero-order chi connectivity index (χ0) is 28.8. The van der Waals surface area contributed by atoms with Crippen molar-refractivity contribution >= 4 is 69.6 Å². The van der Waals surface area contributed by atoms with Crippen molar-refractivity contribution in [3.63, 3.8) is 0 Å². The molecule has 1 radical (unpaired) electrons. The molecule has 0 amide bonds. The molecule has 2 aromatic heterocycles. The van der Waals surface area contributed by atoms with Gasteiger partial charge < -0.3 is 20.4 Å². The Hall–Kier alpha value is -1.80. The van der Waals surface area contributed by atoms with E-state index in [4.69, 9.17) is 69.6 Å². The van der Waals surface area contributed by atoms with E-state index in [2.05, 4.69) is 0 Å². The molecule has 0 aliphatic carbocycles. The van der Waals surface area contributed by atoms with Gasteiger partial charge in [0.25, 0.3) is 0 Å². The molecule has 0 N–H and O–H groups in total. The van der Waals surface area contributed by atoms with Crippen LogP contribution in [0.25, 0.3) is 11.4 Å². The first-order chi connectivity index (χ1) is 17.9. The van der Waals surface area contributed by atoms with Crippen LogP contribution < -0.4 is 29.6 Å². The molecule has 0 saturated heterocycles. The number of para-hydroxylation sites is 2. The van der Waals surface area contributed by atoms with Crippen molar-refractivity contribution in [1.29, 1.82) is 0 Å². The zero-order valence-corrected chi connectivity index (χ0v) is 25.8. The molecule has 6 nitrogen and oxygen atoms in total. The minimum atomic E-state index is -0.750. The summed E-state index contributed by atoms with van der Waals surface area (Å²) in [4.78, 5) is 0. The van der Waals surface area contributed by atoms with E-state index in [0.717, 1.165) is 11.4 Å². The largest absolute Gasteiger partial charge is 2.00 e. The number of benzene rings is 2. The van der Waals surface area contributed by atoms with Gasteiger partial charge in [-0.25, -0.2) is 0 Å². The van der Waals surface area contributed by atoms with E-state index in [1.807, 2.05) is 60.7 Å². The zero-order valence-electron chi connectivity index (χ0n) is 20.3. The molecular formula is C26H22Cl6CuN2O4. The molecule has 2 heterocycles. The van der Waals surface area contributed by atoms with Gasteiger partial charge in [-0.05, 0) is 23.6 Å². The molecule has 4 rings (SSSR count). The molecule has 13 heteroatoms. The Morgan fingerprint density at radius 3 is 1.03 bits per heavy atom. The summed E-state index contributed by atoms with van der Waals surface area (Å²) in [6.07, 6.45) is 3.24. The first-order valence-corrected chi connectivity index (χ1v) is 13.2. The fraction of sp³-hybridized carbons (Fsp3) is 0.154. The van der Waals surface area contributed by atoms with Gasteiger partial charge in [0.15, 0.2) is 32.4 Å². The van der Waals surface area contributed by atoms with Crippen LogP contribution in [0, 0.1) is 13.8 Å². The maximum atomic E-state index is 11.4. The third-order valence-corrected chi connectivity index (χ3v) is 4.65. The summed E-state index contributed by atoms with van der Waals surface area (Å²) in [6, 6.07) is 21.5. The van der Waals surface area contributed by atoms with Crippen LogP contribution >= 0.6 is 69.6 Å². The minimum absolute atomic E-state index is 0. The average Bonchev–Trinajstić information content (AvgIpc) is 2.87. The third-order valence-electron chi connectivity index (χ3n) is 4.65. The summed E-state index contributed by atoms with van der Waals surface area (Å²) in [6.45, 7) is 3.30. The number of pyridine rings is 2. The maximum absolute atomic E-state index is 11.4. The van der Waals surface area contributed by atoms with E-state index >= 15 is 0 Å². The van der Waals surface area contributed by atoms with E-state index < -0.39 is 31.6 Å². The van der Waals surface area contributed by atoms with Gasteiger partial charge in [0.2, 0.25) is 11.4 Å². The quantitative estimate of drug-likeness (QED) is 0.170. The standard InChI is InChI=1S/2C12H11NO2.2CHCl3.Cu/c2*1-9-12(15)11(14)7-8-13(9)10-5-3-2-4-6-10;2*2-1(3)4;/h2*2-8,15H,1H3;2*1H;/q;;;;+2/p-2. The predicted molar refractivity (Wildman–Crippen MR) is 146 cm³/mol. The van der Waals surface area contributed by atoms with Crippen molar-refractivity contribution in [2.45, 2.75) is 22.4 Å². The topological polar surface area (TPSA) is 100 Å². The first kappa shape index (κ1) is 37.2. The van der Waals surface area contributed by atoms with E-state index in [-0.39, 0.29) is 17.1 Å². The molecule has 39 heavy (non-hydrogen) atoms. The van der Waals surface area contributed by atoms with Gasteiger partial charge in [0, 0.05) is 38.1 Å².